The Hall–Kier alpha value is -2.49. The van der Waals surface area contributed by atoms with E-state index < -0.39 is 0 Å². The van der Waals surface area contributed by atoms with E-state index in [1.165, 1.54) is 17.3 Å². The Morgan fingerprint density at radius 1 is 1.10 bits per heavy atom. The summed E-state index contributed by atoms with van der Waals surface area (Å²) in [4.78, 5) is 0. The third kappa shape index (κ3) is 3.75. The number of aryl methyl sites for hydroxylation is 2. The van der Waals surface area contributed by atoms with Gasteiger partial charge in [0.1, 0.15) is 6.61 Å². The molecule has 110 valence electrons. The van der Waals surface area contributed by atoms with Crippen LogP contribution in [0.25, 0.3) is 0 Å². The van der Waals surface area contributed by atoms with Crippen LogP contribution in [-0.4, -0.2) is 18.5 Å². The van der Waals surface area contributed by atoms with Gasteiger partial charge in [0.2, 0.25) is 0 Å². The Morgan fingerprint density at radius 3 is 2.62 bits per heavy atom. The Balaban J connectivity index is 2.17. The molecule has 0 saturated heterocycles. The summed E-state index contributed by atoms with van der Waals surface area (Å²) in [6.07, 6.45) is 1.34. The second-order valence-electron chi connectivity index (χ2n) is 4.87. The van der Waals surface area contributed by atoms with Gasteiger partial charge in [-0.3, -0.25) is 0 Å². The predicted molar refractivity (Wildman–Crippen MR) is 82.6 cm³/mol. The lowest BCUT2D eigenvalue weighted by Crippen LogP contribution is -2.00. The van der Waals surface area contributed by atoms with Gasteiger partial charge in [-0.15, -0.1) is 0 Å². The van der Waals surface area contributed by atoms with Crippen LogP contribution in [0.2, 0.25) is 0 Å². The topological polar surface area (TPSA) is 51.0 Å². The van der Waals surface area contributed by atoms with Crippen molar-refractivity contribution in [2.75, 3.05) is 7.11 Å². The van der Waals surface area contributed by atoms with Crippen molar-refractivity contribution in [2.45, 2.75) is 20.5 Å². The van der Waals surface area contributed by atoms with Crippen molar-refractivity contribution in [3.63, 3.8) is 0 Å². The quantitative estimate of drug-likeness (QED) is 0.518. The van der Waals surface area contributed by atoms with Gasteiger partial charge in [-0.25, -0.2) is 0 Å². The first kappa shape index (κ1) is 14.9. The van der Waals surface area contributed by atoms with Gasteiger partial charge in [0.05, 0.1) is 13.3 Å². The Bertz CT molecular complexity index is 650. The lowest BCUT2D eigenvalue weighted by Gasteiger charge is -2.13. The van der Waals surface area contributed by atoms with Crippen LogP contribution >= 0.6 is 0 Å². The second kappa shape index (κ2) is 6.79. The standard InChI is InChI=1S/C17H19NO3/c1-12-4-5-13(2)15(8-12)11-21-16-7-6-14(10-18-19)9-17(16)20-3/h4-10,19H,11H2,1-3H3/b18-10-. The third-order valence-electron chi connectivity index (χ3n) is 3.28. The monoisotopic (exact) mass is 285 g/mol. The van der Waals surface area contributed by atoms with E-state index >= 15 is 0 Å². The highest BCUT2D eigenvalue weighted by Gasteiger charge is 2.07. The van der Waals surface area contributed by atoms with Gasteiger partial charge >= 0.3 is 0 Å². The first-order valence-electron chi connectivity index (χ1n) is 6.68. The molecule has 0 heterocycles. The molecule has 0 aliphatic heterocycles. The summed E-state index contributed by atoms with van der Waals surface area (Å²) < 4.78 is 11.2. The lowest BCUT2D eigenvalue weighted by atomic mass is 10.1. The van der Waals surface area contributed by atoms with Crippen LogP contribution in [-0.2, 0) is 6.61 Å². The first-order valence-corrected chi connectivity index (χ1v) is 6.68. The van der Waals surface area contributed by atoms with Gasteiger partial charge in [0.15, 0.2) is 11.5 Å². The first-order chi connectivity index (χ1) is 10.1. The van der Waals surface area contributed by atoms with Crippen LogP contribution in [0.5, 0.6) is 11.5 Å². The van der Waals surface area contributed by atoms with Crippen molar-refractivity contribution >= 4 is 6.21 Å². The van der Waals surface area contributed by atoms with Gasteiger partial charge in [0, 0.05) is 5.56 Å². The largest absolute Gasteiger partial charge is 0.493 e. The maximum absolute atomic E-state index is 8.56. The van der Waals surface area contributed by atoms with E-state index in [-0.39, 0.29) is 0 Å². The number of oxime groups is 1. The average Bonchev–Trinajstić information content (AvgIpc) is 2.49. The molecule has 0 aromatic heterocycles. The van der Waals surface area contributed by atoms with Gasteiger partial charge in [-0.05, 0) is 43.2 Å². The maximum Gasteiger partial charge on any atom is 0.161 e. The van der Waals surface area contributed by atoms with Crippen molar-refractivity contribution < 1.29 is 14.7 Å². The van der Waals surface area contributed by atoms with Gasteiger partial charge in [0.25, 0.3) is 0 Å². The molecule has 0 bridgehead atoms. The van der Waals surface area contributed by atoms with E-state index in [0.29, 0.717) is 18.1 Å². The molecule has 2 aromatic carbocycles. The minimum absolute atomic E-state index is 0.483. The van der Waals surface area contributed by atoms with Crippen molar-refractivity contribution in [3.8, 4) is 11.5 Å². The Labute approximate surface area is 124 Å². The molecular formula is C17H19NO3. The number of benzene rings is 2. The molecule has 4 heteroatoms. The molecule has 0 radical (unpaired) electrons. The minimum atomic E-state index is 0.483. The van der Waals surface area contributed by atoms with Crippen LogP contribution in [0.4, 0.5) is 0 Å². The number of rotatable bonds is 5. The fourth-order valence-electron chi connectivity index (χ4n) is 2.06. The molecule has 0 atom stereocenters. The van der Waals surface area contributed by atoms with Crippen molar-refractivity contribution in [2.24, 2.45) is 5.16 Å². The molecule has 4 nitrogen and oxygen atoms in total. The number of nitrogens with zero attached hydrogens (tertiary/aromatic N) is 1. The molecule has 0 amide bonds. The normalized spacial score (nSPS) is 10.8. The SMILES string of the molecule is COc1cc(/C=N\O)ccc1OCc1cc(C)ccc1C. The van der Waals surface area contributed by atoms with E-state index in [1.54, 1.807) is 25.3 Å². The van der Waals surface area contributed by atoms with Crippen LogP contribution in [0.1, 0.15) is 22.3 Å². The number of hydrogen-bond donors (Lipinski definition) is 1. The maximum atomic E-state index is 8.56. The molecule has 1 N–H and O–H groups in total. The van der Waals surface area contributed by atoms with E-state index in [4.69, 9.17) is 14.7 Å². The van der Waals surface area contributed by atoms with Crippen molar-refractivity contribution in [1.29, 1.82) is 0 Å². The molecule has 0 aliphatic carbocycles. The molecule has 2 aromatic rings. The number of methoxy groups -OCH3 is 1. The van der Waals surface area contributed by atoms with E-state index in [9.17, 15) is 0 Å². The minimum Gasteiger partial charge on any atom is -0.493 e. The highest BCUT2D eigenvalue weighted by molar-refractivity contribution is 5.80. The lowest BCUT2D eigenvalue weighted by molar-refractivity contribution is 0.284. The number of ether oxygens (including phenoxy) is 2. The summed E-state index contributed by atoms with van der Waals surface area (Å²) in [5.41, 5.74) is 4.30. The molecule has 0 fully saturated rings. The van der Waals surface area contributed by atoms with Gasteiger partial charge in [-0.2, -0.15) is 0 Å². The van der Waals surface area contributed by atoms with Gasteiger partial charge < -0.3 is 14.7 Å². The molecule has 0 aliphatic rings. The van der Waals surface area contributed by atoms with Gasteiger partial charge in [-0.1, -0.05) is 28.9 Å². The van der Waals surface area contributed by atoms with E-state index in [1.807, 2.05) is 0 Å². The highest BCUT2D eigenvalue weighted by Crippen LogP contribution is 2.28. The molecule has 0 unspecified atom stereocenters. The Kier molecular flexibility index (Phi) is 4.82. The molecule has 0 spiro atoms. The van der Waals surface area contributed by atoms with E-state index in [2.05, 4.69) is 37.2 Å². The molecule has 21 heavy (non-hydrogen) atoms. The number of hydrogen-bond acceptors (Lipinski definition) is 4. The second-order valence-corrected chi connectivity index (χ2v) is 4.87. The predicted octanol–water partition coefficient (Wildman–Crippen LogP) is 3.70. The zero-order chi connectivity index (χ0) is 15.2. The molecule has 0 saturated carbocycles. The van der Waals surface area contributed by atoms with Crippen LogP contribution in [0.15, 0.2) is 41.6 Å². The van der Waals surface area contributed by atoms with Crippen molar-refractivity contribution in [3.05, 3.63) is 58.7 Å². The zero-order valence-corrected chi connectivity index (χ0v) is 12.5. The molecule has 2 rings (SSSR count). The fourth-order valence-corrected chi connectivity index (χ4v) is 2.06. The van der Waals surface area contributed by atoms with E-state index in [0.717, 1.165) is 11.1 Å². The average molecular weight is 285 g/mol. The summed E-state index contributed by atoms with van der Waals surface area (Å²) >= 11 is 0. The van der Waals surface area contributed by atoms with Crippen LogP contribution in [0.3, 0.4) is 0 Å². The smallest absolute Gasteiger partial charge is 0.161 e. The summed E-state index contributed by atoms with van der Waals surface area (Å²) in [7, 11) is 1.58. The summed E-state index contributed by atoms with van der Waals surface area (Å²) in [5.74, 6) is 1.27. The fraction of sp³-hybridized carbons (Fsp3) is 0.235. The third-order valence-corrected chi connectivity index (χ3v) is 3.28. The van der Waals surface area contributed by atoms with Crippen molar-refractivity contribution in [1.82, 2.24) is 0 Å². The highest BCUT2D eigenvalue weighted by atomic mass is 16.5. The Morgan fingerprint density at radius 2 is 1.90 bits per heavy atom. The summed E-state index contributed by atoms with van der Waals surface area (Å²) in [6, 6.07) is 11.7. The summed E-state index contributed by atoms with van der Waals surface area (Å²) in [6.45, 7) is 4.61. The molecular weight excluding hydrogens is 266 g/mol. The van der Waals surface area contributed by atoms with Crippen LogP contribution in [0, 0.1) is 13.8 Å². The van der Waals surface area contributed by atoms with Crippen LogP contribution < -0.4 is 9.47 Å². The zero-order valence-electron chi connectivity index (χ0n) is 12.5. The summed E-state index contributed by atoms with van der Waals surface area (Å²) in [5, 5.41) is 11.6.